The first-order chi connectivity index (χ1) is 4.19. The molecule has 0 aromatic carbocycles. The van der Waals surface area contributed by atoms with E-state index in [0.29, 0.717) is 5.92 Å². The van der Waals surface area contributed by atoms with Gasteiger partial charge in [0.05, 0.1) is 0 Å². The minimum absolute atomic E-state index is 0.203. The lowest BCUT2D eigenvalue weighted by Gasteiger charge is -2.40. The molecule has 1 aliphatic rings. The van der Waals surface area contributed by atoms with Crippen molar-refractivity contribution in [2.45, 2.75) is 44.4 Å². The molecule has 1 heteroatoms. The van der Waals surface area contributed by atoms with E-state index in [2.05, 4.69) is 13.8 Å². The highest BCUT2D eigenvalue weighted by atomic mass is 35.5. The van der Waals surface area contributed by atoms with Gasteiger partial charge in [0.25, 0.3) is 0 Å². The molecule has 0 N–H and O–H groups in total. The Morgan fingerprint density at radius 1 is 1.56 bits per heavy atom. The minimum Gasteiger partial charge on any atom is -0.119 e. The Morgan fingerprint density at radius 3 is 2.22 bits per heavy atom. The van der Waals surface area contributed by atoms with Crippen LogP contribution in [0.2, 0.25) is 0 Å². The van der Waals surface area contributed by atoms with Crippen LogP contribution in [0.4, 0.5) is 0 Å². The van der Waals surface area contributed by atoms with Crippen LogP contribution in [0.1, 0.15) is 39.5 Å². The first kappa shape index (κ1) is 7.40. The highest BCUT2D eigenvalue weighted by Crippen LogP contribution is 2.45. The molecule has 9 heavy (non-hydrogen) atoms. The van der Waals surface area contributed by atoms with E-state index < -0.39 is 0 Å². The predicted molar refractivity (Wildman–Crippen MR) is 41.9 cm³/mol. The Bertz CT molecular complexity index is 94.7. The van der Waals surface area contributed by atoms with Gasteiger partial charge >= 0.3 is 0 Å². The maximum atomic E-state index is 6.26. The zero-order valence-corrected chi connectivity index (χ0v) is 7.04. The third kappa shape index (κ3) is 1.24. The molecule has 0 aliphatic heterocycles. The van der Waals surface area contributed by atoms with Crippen LogP contribution >= 0.6 is 11.6 Å². The van der Waals surface area contributed by atoms with Crippen LogP contribution in [-0.4, -0.2) is 4.87 Å². The van der Waals surface area contributed by atoms with E-state index in [9.17, 15) is 0 Å². The zero-order chi connectivity index (χ0) is 6.91. The number of hydrogen-bond donors (Lipinski definition) is 0. The van der Waals surface area contributed by atoms with Gasteiger partial charge in [-0.15, -0.1) is 11.6 Å². The van der Waals surface area contributed by atoms with Crippen LogP contribution in [0, 0.1) is 5.92 Å². The highest BCUT2D eigenvalue weighted by Gasteiger charge is 2.38. The lowest BCUT2D eigenvalue weighted by molar-refractivity contribution is 0.250. The summed E-state index contributed by atoms with van der Waals surface area (Å²) in [6.45, 7) is 4.47. The van der Waals surface area contributed by atoms with E-state index in [0.717, 1.165) is 0 Å². The van der Waals surface area contributed by atoms with Crippen LogP contribution in [0.5, 0.6) is 0 Å². The number of alkyl halides is 1. The van der Waals surface area contributed by atoms with Gasteiger partial charge < -0.3 is 0 Å². The molecule has 0 heterocycles. The van der Waals surface area contributed by atoms with Gasteiger partial charge in [0.2, 0.25) is 0 Å². The van der Waals surface area contributed by atoms with Crippen molar-refractivity contribution in [1.29, 1.82) is 0 Å². The van der Waals surface area contributed by atoms with Gasteiger partial charge in [0, 0.05) is 4.87 Å². The highest BCUT2D eigenvalue weighted by molar-refractivity contribution is 6.24. The topological polar surface area (TPSA) is 0 Å². The Balaban J connectivity index is 2.38. The maximum Gasteiger partial charge on any atom is 0.0472 e. The van der Waals surface area contributed by atoms with E-state index >= 15 is 0 Å². The summed E-state index contributed by atoms with van der Waals surface area (Å²) in [4.78, 5) is 0.203. The summed E-state index contributed by atoms with van der Waals surface area (Å²) in [5.74, 6) is 0.716. The smallest absolute Gasteiger partial charge is 0.0472 e. The lowest BCUT2D eigenvalue weighted by atomic mass is 9.75. The van der Waals surface area contributed by atoms with Crippen LogP contribution in [0.25, 0.3) is 0 Å². The van der Waals surface area contributed by atoms with Crippen molar-refractivity contribution in [3.05, 3.63) is 0 Å². The number of halogens is 1. The minimum atomic E-state index is 0.203. The molecule has 0 saturated heterocycles. The first-order valence-electron chi connectivity index (χ1n) is 3.88. The molecule has 0 nitrogen and oxygen atoms in total. The summed E-state index contributed by atoms with van der Waals surface area (Å²) in [5.41, 5.74) is 0. The van der Waals surface area contributed by atoms with Gasteiger partial charge in [-0.3, -0.25) is 0 Å². The second-order valence-corrected chi connectivity index (χ2v) is 3.95. The van der Waals surface area contributed by atoms with Crippen LogP contribution < -0.4 is 0 Å². The molecule has 0 bridgehead atoms. The molecule has 0 aromatic rings. The normalized spacial score (nSPS) is 27.0. The van der Waals surface area contributed by atoms with Crippen molar-refractivity contribution in [2.24, 2.45) is 5.92 Å². The molecule has 1 unspecified atom stereocenters. The second kappa shape index (κ2) is 2.49. The van der Waals surface area contributed by atoms with Gasteiger partial charge in [0.15, 0.2) is 0 Å². The van der Waals surface area contributed by atoms with Crippen LogP contribution in [-0.2, 0) is 0 Å². The van der Waals surface area contributed by atoms with E-state index in [1.54, 1.807) is 0 Å². The fourth-order valence-electron chi connectivity index (χ4n) is 1.37. The summed E-state index contributed by atoms with van der Waals surface area (Å²) in [5, 5.41) is 0. The van der Waals surface area contributed by atoms with Crippen LogP contribution in [0.15, 0.2) is 0 Å². The second-order valence-electron chi connectivity index (χ2n) is 3.20. The Hall–Kier alpha value is 0.290. The fourth-order valence-corrected chi connectivity index (χ4v) is 1.79. The van der Waals surface area contributed by atoms with Crippen molar-refractivity contribution in [3.63, 3.8) is 0 Å². The van der Waals surface area contributed by atoms with Crippen molar-refractivity contribution in [1.82, 2.24) is 0 Å². The van der Waals surface area contributed by atoms with E-state index in [4.69, 9.17) is 11.6 Å². The molecular formula is C8H15Cl. The SMILES string of the molecule is CCC(C)C1(Cl)CCC1. The lowest BCUT2D eigenvalue weighted by Crippen LogP contribution is -2.37. The van der Waals surface area contributed by atoms with Gasteiger partial charge in [0.1, 0.15) is 0 Å². The van der Waals surface area contributed by atoms with Gasteiger partial charge in [-0.1, -0.05) is 20.3 Å². The zero-order valence-electron chi connectivity index (χ0n) is 6.28. The van der Waals surface area contributed by atoms with Crippen LogP contribution in [0.3, 0.4) is 0 Å². The van der Waals surface area contributed by atoms with Gasteiger partial charge in [-0.2, -0.15) is 0 Å². The average Bonchev–Trinajstić information content (AvgIpc) is 1.81. The quantitative estimate of drug-likeness (QED) is 0.525. The standard InChI is InChI=1S/C8H15Cl/c1-3-7(2)8(9)5-4-6-8/h7H,3-6H2,1-2H3. The largest absolute Gasteiger partial charge is 0.119 e. The van der Waals surface area contributed by atoms with Crippen molar-refractivity contribution >= 4 is 11.6 Å². The molecular weight excluding hydrogens is 132 g/mol. The molecule has 0 radical (unpaired) electrons. The summed E-state index contributed by atoms with van der Waals surface area (Å²) in [7, 11) is 0. The van der Waals surface area contributed by atoms with Gasteiger partial charge in [-0.05, 0) is 25.2 Å². The first-order valence-corrected chi connectivity index (χ1v) is 4.26. The molecule has 1 atom stereocenters. The Labute approximate surface area is 62.6 Å². The Morgan fingerprint density at radius 2 is 2.11 bits per heavy atom. The summed E-state index contributed by atoms with van der Waals surface area (Å²) < 4.78 is 0. The molecule has 1 rings (SSSR count). The molecule has 0 spiro atoms. The fraction of sp³-hybridized carbons (Fsp3) is 1.00. The molecule has 0 amide bonds. The number of rotatable bonds is 2. The van der Waals surface area contributed by atoms with E-state index in [1.165, 1.54) is 25.7 Å². The van der Waals surface area contributed by atoms with E-state index in [1.807, 2.05) is 0 Å². The van der Waals surface area contributed by atoms with E-state index in [-0.39, 0.29) is 4.87 Å². The molecule has 1 aliphatic carbocycles. The van der Waals surface area contributed by atoms with Gasteiger partial charge in [-0.25, -0.2) is 0 Å². The molecule has 1 fully saturated rings. The molecule has 1 saturated carbocycles. The van der Waals surface area contributed by atoms with Crippen molar-refractivity contribution < 1.29 is 0 Å². The monoisotopic (exact) mass is 146 g/mol. The summed E-state index contributed by atoms with van der Waals surface area (Å²) >= 11 is 6.26. The maximum absolute atomic E-state index is 6.26. The van der Waals surface area contributed by atoms with Crippen molar-refractivity contribution in [3.8, 4) is 0 Å². The molecule has 0 aromatic heterocycles. The summed E-state index contributed by atoms with van der Waals surface area (Å²) in [6, 6.07) is 0. The van der Waals surface area contributed by atoms with Crippen molar-refractivity contribution in [2.75, 3.05) is 0 Å². The summed E-state index contributed by atoms with van der Waals surface area (Å²) in [6.07, 6.45) is 5.05. The third-order valence-corrected chi connectivity index (χ3v) is 3.43. The molecule has 54 valence electrons. The third-order valence-electron chi connectivity index (χ3n) is 2.68. The number of hydrogen-bond acceptors (Lipinski definition) is 0. The average molecular weight is 147 g/mol. The Kier molecular flexibility index (Phi) is 2.05. The predicted octanol–water partition coefficient (Wildman–Crippen LogP) is 3.19.